The summed E-state index contributed by atoms with van der Waals surface area (Å²) in [5.41, 5.74) is 14.6. The van der Waals surface area contributed by atoms with Crippen LogP contribution >= 0.6 is 0 Å². The van der Waals surface area contributed by atoms with Crippen molar-refractivity contribution >= 4 is 43.6 Å². The van der Waals surface area contributed by atoms with Gasteiger partial charge in [-0.2, -0.15) is 0 Å². The van der Waals surface area contributed by atoms with Crippen LogP contribution in [-0.4, -0.2) is 24.5 Å². The van der Waals surface area contributed by atoms with E-state index in [0.717, 1.165) is 51.0 Å². The van der Waals surface area contributed by atoms with E-state index < -0.39 is 0 Å². The smallest absolute Gasteiger partial charge is 0.164 e. The lowest BCUT2D eigenvalue weighted by atomic mass is 10.00. The van der Waals surface area contributed by atoms with Crippen LogP contribution in [-0.2, 0) is 6.42 Å². The minimum Gasteiger partial charge on any atom is -0.354 e. The molecule has 0 bridgehead atoms. The Hall–Kier alpha value is -7.63. The molecule has 0 amide bonds. The fraction of sp³-hybridized carbons (Fsp3) is 0.0727. The molecule has 5 nitrogen and oxygen atoms in total. The maximum absolute atomic E-state index is 5.08. The third-order valence-electron chi connectivity index (χ3n) is 11.8. The third kappa shape index (κ3) is 6.32. The van der Waals surface area contributed by atoms with Gasteiger partial charge in [-0.15, -0.1) is 0 Å². The number of aryl methyl sites for hydroxylation is 1. The van der Waals surface area contributed by atoms with Crippen LogP contribution in [0.3, 0.4) is 0 Å². The van der Waals surface area contributed by atoms with Crippen molar-refractivity contribution in [2.45, 2.75) is 26.2 Å². The van der Waals surface area contributed by atoms with E-state index in [1.54, 1.807) is 0 Å². The highest BCUT2D eigenvalue weighted by Crippen LogP contribution is 2.39. The van der Waals surface area contributed by atoms with Gasteiger partial charge in [-0.25, -0.2) is 15.0 Å². The van der Waals surface area contributed by atoms with Gasteiger partial charge in [0.15, 0.2) is 17.5 Å². The maximum Gasteiger partial charge on any atom is 0.164 e. The van der Waals surface area contributed by atoms with E-state index in [1.807, 2.05) is 18.2 Å². The second-order valence-corrected chi connectivity index (χ2v) is 15.6. The summed E-state index contributed by atoms with van der Waals surface area (Å²) >= 11 is 0. The monoisotopic (exact) mass is 771 g/mol. The van der Waals surface area contributed by atoms with Crippen molar-refractivity contribution in [3.8, 4) is 62.1 Å². The van der Waals surface area contributed by atoms with Gasteiger partial charge in [0, 0.05) is 55.0 Å². The molecule has 0 aliphatic carbocycles. The minimum atomic E-state index is 0.647. The fourth-order valence-electron chi connectivity index (χ4n) is 8.75. The van der Waals surface area contributed by atoms with Crippen LogP contribution in [0.5, 0.6) is 0 Å². The molecule has 3 aromatic heterocycles. The van der Waals surface area contributed by atoms with Gasteiger partial charge in [0.2, 0.25) is 0 Å². The Morgan fingerprint density at radius 3 is 1.85 bits per heavy atom. The van der Waals surface area contributed by atoms with E-state index in [-0.39, 0.29) is 0 Å². The number of hydrogen-bond acceptors (Lipinski definition) is 3. The number of para-hydroxylation sites is 3. The average Bonchev–Trinajstić information content (AvgIpc) is 3.87. The largest absolute Gasteiger partial charge is 0.354 e. The van der Waals surface area contributed by atoms with E-state index in [1.165, 1.54) is 62.1 Å². The molecule has 0 saturated carbocycles. The lowest BCUT2D eigenvalue weighted by Gasteiger charge is -2.12. The number of hydrogen-bond donors (Lipinski definition) is 1. The van der Waals surface area contributed by atoms with Gasteiger partial charge in [0.25, 0.3) is 0 Å². The molecule has 11 aromatic rings. The highest BCUT2D eigenvalue weighted by atomic mass is 15.0. The standard InChI is InChI=1S/C55H41N5/c1-2-3-14-36-27-29-38(30-28-36)54-57-53(37-15-5-4-6-16-37)58-55(59-54)42-19-11-17-39(33-42)40-18-12-20-43(34-40)60-50-26-10-8-22-46(50)48-35-41(31-32-51(48)60)44-23-13-24-47-45-21-7-9-25-49(45)56-52(44)47/h4-13,15-35,56H,2-3,14H2,1H3. The number of benzene rings is 8. The molecule has 1 N–H and O–H groups in total. The molecule has 8 aromatic carbocycles. The first-order valence-electron chi connectivity index (χ1n) is 20.8. The van der Waals surface area contributed by atoms with Gasteiger partial charge in [0.05, 0.1) is 16.6 Å². The summed E-state index contributed by atoms with van der Waals surface area (Å²) in [4.78, 5) is 18.8. The second kappa shape index (κ2) is 14.9. The summed E-state index contributed by atoms with van der Waals surface area (Å²) < 4.78 is 2.39. The molecular weight excluding hydrogens is 731 g/mol. The fourth-order valence-corrected chi connectivity index (χ4v) is 8.75. The summed E-state index contributed by atoms with van der Waals surface area (Å²) in [6.07, 6.45) is 3.43. The number of nitrogens with zero attached hydrogens (tertiary/aromatic N) is 4. The van der Waals surface area contributed by atoms with E-state index in [0.29, 0.717) is 17.5 Å². The van der Waals surface area contributed by atoms with Gasteiger partial charge < -0.3 is 9.55 Å². The number of aromatic amines is 1. The first-order chi connectivity index (χ1) is 29.7. The number of H-pyrrole nitrogens is 1. The maximum atomic E-state index is 5.08. The van der Waals surface area contributed by atoms with Gasteiger partial charge >= 0.3 is 0 Å². The van der Waals surface area contributed by atoms with Crippen LogP contribution in [0.4, 0.5) is 0 Å². The van der Waals surface area contributed by atoms with Crippen LogP contribution < -0.4 is 0 Å². The predicted molar refractivity (Wildman–Crippen MR) is 249 cm³/mol. The Morgan fingerprint density at radius 2 is 1.03 bits per heavy atom. The molecule has 5 heteroatoms. The Bertz CT molecular complexity index is 3360. The molecular formula is C55H41N5. The molecule has 3 heterocycles. The van der Waals surface area contributed by atoms with Crippen molar-refractivity contribution < 1.29 is 0 Å². The number of nitrogens with one attached hydrogen (secondary N) is 1. The molecule has 0 fully saturated rings. The van der Waals surface area contributed by atoms with Crippen molar-refractivity contribution in [1.29, 1.82) is 0 Å². The first-order valence-corrected chi connectivity index (χ1v) is 20.8. The van der Waals surface area contributed by atoms with Gasteiger partial charge in [-0.3, -0.25) is 0 Å². The molecule has 0 spiro atoms. The van der Waals surface area contributed by atoms with Crippen molar-refractivity contribution in [3.63, 3.8) is 0 Å². The van der Waals surface area contributed by atoms with Crippen molar-refractivity contribution in [3.05, 3.63) is 194 Å². The first kappa shape index (κ1) is 35.5. The summed E-state index contributed by atoms with van der Waals surface area (Å²) in [5, 5.41) is 4.93. The van der Waals surface area contributed by atoms with E-state index in [4.69, 9.17) is 15.0 Å². The number of aromatic nitrogens is 5. The Kier molecular flexibility index (Phi) is 8.85. The zero-order chi connectivity index (χ0) is 40.0. The minimum absolute atomic E-state index is 0.647. The quantitative estimate of drug-likeness (QED) is 0.159. The molecule has 286 valence electrons. The Labute approximate surface area is 348 Å². The summed E-state index contributed by atoms with van der Waals surface area (Å²) in [5.74, 6) is 1.97. The summed E-state index contributed by atoms with van der Waals surface area (Å²) in [6, 6.07) is 67.0. The van der Waals surface area contributed by atoms with Crippen molar-refractivity contribution in [2.75, 3.05) is 0 Å². The molecule has 0 aliphatic rings. The zero-order valence-electron chi connectivity index (χ0n) is 33.3. The predicted octanol–water partition coefficient (Wildman–Crippen LogP) is 14.3. The Balaban J connectivity index is 0.989. The van der Waals surface area contributed by atoms with E-state index in [2.05, 4.69) is 186 Å². The lowest BCUT2D eigenvalue weighted by molar-refractivity contribution is 0.795. The van der Waals surface area contributed by atoms with Crippen LogP contribution in [0.2, 0.25) is 0 Å². The van der Waals surface area contributed by atoms with Gasteiger partial charge in [0.1, 0.15) is 0 Å². The second-order valence-electron chi connectivity index (χ2n) is 15.6. The van der Waals surface area contributed by atoms with Crippen LogP contribution in [0.15, 0.2) is 188 Å². The SMILES string of the molecule is CCCCc1ccc(-c2nc(-c3ccccc3)nc(-c3cccc(-c4cccc(-n5c6ccccc6c6cc(-c7cccc8c7[nH]c7ccccc78)ccc65)c4)c3)n2)cc1. The van der Waals surface area contributed by atoms with Gasteiger partial charge in [-0.05, 0) is 77.6 Å². The molecule has 0 unspecified atom stereocenters. The number of unbranched alkanes of at least 4 members (excludes halogenated alkanes) is 1. The third-order valence-corrected chi connectivity index (χ3v) is 11.8. The normalized spacial score (nSPS) is 11.6. The van der Waals surface area contributed by atoms with Crippen LogP contribution in [0.1, 0.15) is 25.3 Å². The topological polar surface area (TPSA) is 59.4 Å². The number of fused-ring (bicyclic) bond motifs is 6. The van der Waals surface area contributed by atoms with Crippen LogP contribution in [0, 0.1) is 0 Å². The number of rotatable bonds is 9. The summed E-state index contributed by atoms with van der Waals surface area (Å²) in [7, 11) is 0. The highest BCUT2D eigenvalue weighted by molar-refractivity contribution is 6.14. The van der Waals surface area contributed by atoms with Crippen molar-refractivity contribution in [1.82, 2.24) is 24.5 Å². The molecule has 11 rings (SSSR count). The molecule has 0 aliphatic heterocycles. The van der Waals surface area contributed by atoms with Gasteiger partial charge in [-0.1, -0.05) is 159 Å². The lowest BCUT2D eigenvalue weighted by Crippen LogP contribution is -2.00. The average molecular weight is 772 g/mol. The molecule has 60 heavy (non-hydrogen) atoms. The highest BCUT2D eigenvalue weighted by Gasteiger charge is 2.17. The Morgan fingerprint density at radius 1 is 0.433 bits per heavy atom. The molecule has 0 saturated heterocycles. The van der Waals surface area contributed by atoms with E-state index in [9.17, 15) is 0 Å². The molecule has 0 radical (unpaired) electrons. The van der Waals surface area contributed by atoms with E-state index >= 15 is 0 Å². The molecule has 0 atom stereocenters. The van der Waals surface area contributed by atoms with Crippen molar-refractivity contribution in [2.24, 2.45) is 0 Å². The van der Waals surface area contributed by atoms with Crippen LogP contribution in [0.25, 0.3) is 106 Å². The zero-order valence-corrected chi connectivity index (χ0v) is 33.3. The summed E-state index contributed by atoms with van der Waals surface area (Å²) in [6.45, 7) is 2.23.